The Balaban J connectivity index is 1.99. The van der Waals surface area contributed by atoms with Crippen LogP contribution in [0.4, 0.5) is 5.69 Å². The molecule has 0 radical (unpaired) electrons. The summed E-state index contributed by atoms with van der Waals surface area (Å²) in [6.07, 6.45) is -0.169. The smallest absolute Gasteiger partial charge is 0.313 e. The average molecular weight is 348 g/mol. The van der Waals surface area contributed by atoms with Crippen molar-refractivity contribution in [1.29, 1.82) is 0 Å². The third-order valence-electron chi connectivity index (χ3n) is 4.37. The Labute approximate surface area is 145 Å². The largest absolute Gasteiger partial charge is 0.469 e. The van der Waals surface area contributed by atoms with Gasteiger partial charge in [0, 0.05) is 5.69 Å². The van der Waals surface area contributed by atoms with Crippen molar-refractivity contribution in [3.05, 3.63) is 29.8 Å². The van der Waals surface area contributed by atoms with Crippen LogP contribution in [0.5, 0.6) is 0 Å². The van der Waals surface area contributed by atoms with Gasteiger partial charge >= 0.3 is 11.9 Å². The molecule has 1 amide bonds. The minimum atomic E-state index is -0.897. The highest BCUT2D eigenvalue weighted by Gasteiger charge is 2.49. The number of hydroxylamine groups is 2. The third kappa shape index (κ3) is 3.22. The number of methoxy groups -OCH3 is 1. The fraction of sp³-hybridized carbons (Fsp3) is 0.471. The van der Waals surface area contributed by atoms with E-state index in [0.717, 1.165) is 5.56 Å². The van der Waals surface area contributed by atoms with Crippen LogP contribution >= 0.6 is 0 Å². The summed E-state index contributed by atoms with van der Waals surface area (Å²) in [5.74, 6) is -1.90. The number of benzene rings is 1. The van der Waals surface area contributed by atoms with Gasteiger partial charge < -0.3 is 14.8 Å². The first-order valence-electron chi connectivity index (χ1n) is 8.11. The van der Waals surface area contributed by atoms with Crippen molar-refractivity contribution in [2.75, 3.05) is 25.6 Å². The van der Waals surface area contributed by atoms with Crippen molar-refractivity contribution in [2.24, 2.45) is 5.92 Å². The minimum absolute atomic E-state index is 0.0816. The van der Waals surface area contributed by atoms with Crippen molar-refractivity contribution in [3.8, 4) is 0 Å². The number of ether oxygens (including phenoxy) is 2. The molecular weight excluding hydrogens is 328 g/mol. The molecule has 8 nitrogen and oxygen atoms in total. The lowest BCUT2D eigenvalue weighted by molar-refractivity contribution is -0.178. The van der Waals surface area contributed by atoms with Crippen molar-refractivity contribution in [3.63, 3.8) is 0 Å². The molecule has 0 aliphatic carbocycles. The monoisotopic (exact) mass is 348 g/mol. The number of rotatable bonds is 4. The molecule has 0 spiro atoms. The third-order valence-corrected chi connectivity index (χ3v) is 4.37. The molecule has 0 bridgehead atoms. The molecule has 2 aliphatic rings. The van der Waals surface area contributed by atoms with Gasteiger partial charge in [0.05, 0.1) is 32.8 Å². The first-order valence-corrected chi connectivity index (χ1v) is 8.11. The summed E-state index contributed by atoms with van der Waals surface area (Å²) in [6.45, 7) is 2.00. The number of carbonyl (C=O) groups excluding carboxylic acids is 3. The number of esters is 2. The molecule has 2 aliphatic heterocycles. The molecular formula is C17H20N2O6. The molecule has 1 saturated heterocycles. The Hall–Kier alpha value is -2.45. The van der Waals surface area contributed by atoms with Crippen LogP contribution in [-0.2, 0) is 28.7 Å². The maximum Gasteiger partial charge on any atom is 0.313 e. The van der Waals surface area contributed by atoms with E-state index in [2.05, 4.69) is 5.32 Å². The molecule has 3 atom stereocenters. The Morgan fingerprint density at radius 1 is 1.36 bits per heavy atom. The molecule has 25 heavy (non-hydrogen) atoms. The van der Waals surface area contributed by atoms with Gasteiger partial charge in [-0.25, -0.2) is 0 Å². The quantitative estimate of drug-likeness (QED) is 0.812. The van der Waals surface area contributed by atoms with Gasteiger partial charge in [-0.3, -0.25) is 19.2 Å². The first-order chi connectivity index (χ1) is 12.1. The number of nitrogens with zero attached hydrogens (tertiary/aromatic N) is 1. The summed E-state index contributed by atoms with van der Waals surface area (Å²) in [5, 5.41) is 4.24. The number of carbonyl (C=O) groups is 3. The minimum Gasteiger partial charge on any atom is -0.469 e. The van der Waals surface area contributed by atoms with Crippen molar-refractivity contribution < 1.29 is 28.7 Å². The average Bonchev–Trinajstić information content (AvgIpc) is 2.99. The highest BCUT2D eigenvalue weighted by atomic mass is 16.7. The van der Waals surface area contributed by atoms with Crippen LogP contribution in [0.3, 0.4) is 0 Å². The van der Waals surface area contributed by atoms with E-state index in [-0.39, 0.29) is 25.5 Å². The molecule has 1 N–H and O–H groups in total. The van der Waals surface area contributed by atoms with E-state index >= 15 is 0 Å². The Morgan fingerprint density at radius 3 is 2.84 bits per heavy atom. The highest BCUT2D eigenvalue weighted by molar-refractivity contribution is 5.98. The van der Waals surface area contributed by atoms with Gasteiger partial charge in [0.2, 0.25) is 5.91 Å². The summed E-state index contributed by atoms with van der Waals surface area (Å²) in [4.78, 5) is 42.4. The molecule has 0 aromatic heterocycles. The van der Waals surface area contributed by atoms with Crippen LogP contribution in [0.15, 0.2) is 24.3 Å². The molecule has 0 unspecified atom stereocenters. The number of anilines is 1. The summed E-state index contributed by atoms with van der Waals surface area (Å²) in [7, 11) is 1.31. The van der Waals surface area contributed by atoms with E-state index in [1.54, 1.807) is 19.1 Å². The Morgan fingerprint density at radius 2 is 2.12 bits per heavy atom. The fourth-order valence-corrected chi connectivity index (χ4v) is 3.26. The van der Waals surface area contributed by atoms with Crippen LogP contribution in [0, 0.1) is 5.92 Å². The Bertz CT molecular complexity index is 691. The normalized spacial score (nSPS) is 25.4. The molecule has 8 heteroatoms. The topological polar surface area (TPSA) is 94.2 Å². The van der Waals surface area contributed by atoms with Gasteiger partial charge in [-0.2, -0.15) is 5.06 Å². The van der Waals surface area contributed by atoms with E-state index in [4.69, 9.17) is 14.3 Å². The second-order valence-corrected chi connectivity index (χ2v) is 5.83. The van der Waals surface area contributed by atoms with E-state index in [1.165, 1.54) is 12.2 Å². The maximum atomic E-state index is 12.6. The molecule has 2 heterocycles. The second kappa shape index (κ2) is 7.20. The van der Waals surface area contributed by atoms with Crippen LogP contribution in [0.2, 0.25) is 0 Å². The van der Waals surface area contributed by atoms with Gasteiger partial charge in [-0.1, -0.05) is 18.2 Å². The zero-order valence-corrected chi connectivity index (χ0v) is 14.1. The number of nitrogens with one attached hydrogen (secondary N) is 1. The van der Waals surface area contributed by atoms with Gasteiger partial charge in [-0.05, 0) is 18.6 Å². The van der Waals surface area contributed by atoms with Crippen LogP contribution < -0.4 is 5.32 Å². The van der Waals surface area contributed by atoms with Gasteiger partial charge in [-0.15, -0.1) is 0 Å². The summed E-state index contributed by atoms with van der Waals surface area (Å²) in [5.41, 5.74) is 1.34. The predicted molar refractivity (Wildman–Crippen MR) is 86.1 cm³/mol. The SMILES string of the molecule is CCOC(=O)C[C@@H]1C(=O)Nc2ccccc2[C@@H]2[C@H](C(=O)OC)CON12. The molecule has 1 aromatic rings. The van der Waals surface area contributed by atoms with Gasteiger partial charge in [0.25, 0.3) is 0 Å². The van der Waals surface area contributed by atoms with Crippen LogP contribution in [0.1, 0.15) is 24.9 Å². The fourth-order valence-electron chi connectivity index (χ4n) is 3.26. The summed E-state index contributed by atoms with van der Waals surface area (Å²) < 4.78 is 9.84. The number of fused-ring (bicyclic) bond motifs is 3. The van der Waals surface area contributed by atoms with Crippen molar-refractivity contribution >= 4 is 23.5 Å². The van der Waals surface area contributed by atoms with Crippen LogP contribution in [0.25, 0.3) is 0 Å². The molecule has 1 fully saturated rings. The molecule has 134 valence electrons. The van der Waals surface area contributed by atoms with Crippen LogP contribution in [-0.4, -0.2) is 49.3 Å². The lowest BCUT2D eigenvalue weighted by Crippen LogP contribution is -2.43. The standard InChI is InChI=1S/C17H20N2O6/c1-3-24-14(20)8-13-16(21)18-12-7-5-4-6-10(12)15-11(17(22)23-2)9-25-19(13)15/h4-7,11,13,15H,3,8-9H2,1-2H3,(H,18,21)/t11-,13-,15-/m1/s1. The molecule has 3 rings (SSSR count). The van der Waals surface area contributed by atoms with E-state index in [9.17, 15) is 14.4 Å². The number of amides is 1. The number of hydrogen-bond donors (Lipinski definition) is 1. The van der Waals surface area contributed by atoms with Crippen molar-refractivity contribution in [2.45, 2.75) is 25.4 Å². The highest BCUT2D eigenvalue weighted by Crippen LogP contribution is 2.43. The lowest BCUT2D eigenvalue weighted by Gasteiger charge is -2.28. The molecule has 1 aromatic carbocycles. The maximum absolute atomic E-state index is 12.6. The summed E-state index contributed by atoms with van der Waals surface area (Å²) in [6, 6.07) is 5.77. The Kier molecular flexibility index (Phi) is 5.00. The van der Waals surface area contributed by atoms with E-state index in [1.807, 2.05) is 12.1 Å². The number of hydrogen-bond acceptors (Lipinski definition) is 7. The predicted octanol–water partition coefficient (Wildman–Crippen LogP) is 1.04. The van der Waals surface area contributed by atoms with E-state index in [0.29, 0.717) is 5.69 Å². The summed E-state index contributed by atoms with van der Waals surface area (Å²) >= 11 is 0. The zero-order valence-electron chi connectivity index (χ0n) is 14.1. The van der Waals surface area contributed by atoms with Gasteiger partial charge in [0.1, 0.15) is 12.0 Å². The molecule has 0 saturated carbocycles. The van der Waals surface area contributed by atoms with Crippen molar-refractivity contribution in [1.82, 2.24) is 5.06 Å². The first kappa shape index (κ1) is 17.4. The zero-order chi connectivity index (χ0) is 18.0. The lowest BCUT2D eigenvalue weighted by atomic mass is 9.93. The number of para-hydroxylation sites is 1. The second-order valence-electron chi connectivity index (χ2n) is 5.83. The van der Waals surface area contributed by atoms with E-state index < -0.39 is 29.9 Å². The van der Waals surface area contributed by atoms with Gasteiger partial charge in [0.15, 0.2) is 0 Å².